The topological polar surface area (TPSA) is 121 Å². The Morgan fingerprint density at radius 3 is 2.51 bits per heavy atom. The number of ether oxygens (including phenoxy) is 2. The van der Waals surface area contributed by atoms with Gasteiger partial charge in [0, 0.05) is 68.3 Å². The first-order valence-corrected chi connectivity index (χ1v) is 18.2. The van der Waals surface area contributed by atoms with Crippen LogP contribution < -0.4 is 5.32 Å². The lowest BCUT2D eigenvalue weighted by atomic mass is 9.70. The lowest BCUT2D eigenvalue weighted by Crippen LogP contribution is -2.65. The van der Waals surface area contributed by atoms with Gasteiger partial charge in [0.25, 0.3) is 5.91 Å². The SMILES string of the molecule is COC[C@H]1CCCN(C(=O)[C@@H](NC(=O)[C@@H]2CN(C(=O)c3cncs3)CC23CN(C(=O)[C@H]2CC2(C)C)C3)[C@@H](C)OCc2ccc(Cl)cc2F)C1. The Labute approximate surface area is 295 Å². The third-order valence-corrected chi connectivity index (χ3v) is 11.8. The highest BCUT2D eigenvalue weighted by atomic mass is 35.5. The molecule has 49 heavy (non-hydrogen) atoms. The van der Waals surface area contributed by atoms with Gasteiger partial charge in [-0.3, -0.25) is 24.2 Å². The molecule has 2 aromatic rings. The van der Waals surface area contributed by atoms with E-state index in [9.17, 15) is 23.6 Å². The van der Waals surface area contributed by atoms with E-state index in [0.717, 1.165) is 19.3 Å². The number of carbonyl (C=O) groups excluding carboxylic acids is 4. The molecule has 1 aromatic carbocycles. The van der Waals surface area contributed by atoms with Crippen molar-refractivity contribution in [2.24, 2.45) is 28.6 Å². The van der Waals surface area contributed by atoms with Gasteiger partial charge in [-0.25, -0.2) is 4.39 Å². The molecule has 3 saturated heterocycles. The molecule has 4 amide bonds. The van der Waals surface area contributed by atoms with Crippen molar-refractivity contribution < 1.29 is 33.0 Å². The maximum atomic E-state index is 14.6. The molecule has 1 spiro atoms. The molecule has 14 heteroatoms. The van der Waals surface area contributed by atoms with E-state index in [0.29, 0.717) is 44.2 Å². The molecule has 5 atom stereocenters. The summed E-state index contributed by atoms with van der Waals surface area (Å²) in [5, 5.41) is 3.28. The number of nitrogens with one attached hydrogen (secondary N) is 1. The van der Waals surface area contributed by atoms with Gasteiger partial charge in [0.2, 0.25) is 17.7 Å². The van der Waals surface area contributed by atoms with Crippen molar-refractivity contribution in [3.63, 3.8) is 0 Å². The van der Waals surface area contributed by atoms with Crippen molar-refractivity contribution >= 4 is 46.6 Å². The van der Waals surface area contributed by atoms with E-state index in [1.807, 2.05) is 0 Å². The van der Waals surface area contributed by atoms with Crippen molar-refractivity contribution in [3.05, 3.63) is 51.2 Å². The molecular formula is C35H45ClFN5O6S. The van der Waals surface area contributed by atoms with Gasteiger partial charge >= 0.3 is 0 Å². The third kappa shape index (κ3) is 7.50. The molecule has 11 nitrogen and oxygen atoms in total. The predicted octanol–water partition coefficient (Wildman–Crippen LogP) is 3.86. The number of thiazole rings is 1. The van der Waals surface area contributed by atoms with E-state index in [4.69, 9.17) is 21.1 Å². The number of hydrogen-bond donors (Lipinski definition) is 1. The maximum absolute atomic E-state index is 14.6. The van der Waals surface area contributed by atoms with Gasteiger partial charge in [-0.05, 0) is 49.7 Å². The van der Waals surface area contributed by atoms with Crippen LogP contribution in [0.25, 0.3) is 0 Å². The van der Waals surface area contributed by atoms with Crippen molar-refractivity contribution in [2.45, 2.75) is 58.8 Å². The quantitative estimate of drug-likeness (QED) is 0.375. The van der Waals surface area contributed by atoms with Crippen LogP contribution in [0.4, 0.5) is 4.39 Å². The molecule has 4 heterocycles. The predicted molar refractivity (Wildman–Crippen MR) is 181 cm³/mol. The van der Waals surface area contributed by atoms with E-state index in [2.05, 4.69) is 24.1 Å². The Balaban J connectivity index is 1.22. The second-order valence-electron chi connectivity index (χ2n) is 14.9. The molecule has 1 N–H and O–H groups in total. The van der Waals surface area contributed by atoms with Crippen LogP contribution in [0.5, 0.6) is 0 Å². The van der Waals surface area contributed by atoms with Crippen molar-refractivity contribution in [3.8, 4) is 0 Å². The van der Waals surface area contributed by atoms with E-state index in [1.165, 1.54) is 29.7 Å². The van der Waals surface area contributed by atoms with Gasteiger partial charge in [-0.15, -0.1) is 11.3 Å². The maximum Gasteiger partial charge on any atom is 0.265 e. The Kier molecular flexibility index (Phi) is 10.4. The number of amides is 4. The molecule has 1 aromatic heterocycles. The fourth-order valence-corrected chi connectivity index (χ4v) is 8.43. The standard InChI is InChI=1S/C35H45ClFN5O6S/c1-21(48-16-23-7-8-24(36)10-27(23)37)29(33(46)40-9-5-6-22(13-40)15-47-4)39-30(43)26-14-41(32(45)28-12-38-20-49-28)17-35(26)18-42(19-35)31(44)25-11-34(25,2)3/h7-8,10,12,20-22,25-26,29H,5-6,9,11,13-19H2,1-4H3,(H,39,43)/t21-,22+,25-,26+,29+/m1/s1. The summed E-state index contributed by atoms with van der Waals surface area (Å²) in [4.78, 5) is 65.1. The number of piperidine rings is 1. The highest BCUT2D eigenvalue weighted by molar-refractivity contribution is 7.11. The second kappa shape index (κ2) is 14.2. The van der Waals surface area contributed by atoms with E-state index < -0.39 is 29.3 Å². The minimum absolute atomic E-state index is 0.0319. The number of halogens is 2. The van der Waals surface area contributed by atoms with Gasteiger partial charge in [-0.1, -0.05) is 31.5 Å². The van der Waals surface area contributed by atoms with Crippen LogP contribution in [0.1, 0.15) is 55.3 Å². The van der Waals surface area contributed by atoms with Crippen LogP contribution in [-0.2, 0) is 30.5 Å². The number of rotatable bonds is 11. The fourth-order valence-electron chi connectivity index (χ4n) is 7.68. The van der Waals surface area contributed by atoms with Gasteiger partial charge in [0.1, 0.15) is 16.7 Å². The highest BCUT2D eigenvalue weighted by Crippen LogP contribution is 2.54. The first-order chi connectivity index (χ1) is 23.3. The lowest BCUT2D eigenvalue weighted by molar-refractivity contribution is -0.153. The Hall–Kier alpha value is -3.13. The highest BCUT2D eigenvalue weighted by Gasteiger charge is 2.62. The number of benzene rings is 1. The van der Waals surface area contributed by atoms with Crippen LogP contribution >= 0.6 is 22.9 Å². The largest absolute Gasteiger partial charge is 0.384 e. The third-order valence-electron chi connectivity index (χ3n) is 10.8. The summed E-state index contributed by atoms with van der Waals surface area (Å²) in [6, 6.07) is 3.23. The van der Waals surface area contributed by atoms with Gasteiger partial charge < -0.3 is 29.5 Å². The summed E-state index contributed by atoms with van der Waals surface area (Å²) in [5.41, 5.74) is 1.18. The van der Waals surface area contributed by atoms with Gasteiger partial charge in [-0.2, -0.15) is 0 Å². The summed E-state index contributed by atoms with van der Waals surface area (Å²) in [5.74, 6) is -1.86. The molecule has 1 aliphatic carbocycles. The molecule has 4 aliphatic rings. The zero-order valence-corrected chi connectivity index (χ0v) is 30.0. The molecule has 3 aliphatic heterocycles. The van der Waals surface area contributed by atoms with Gasteiger partial charge in [0.15, 0.2) is 0 Å². The zero-order chi connectivity index (χ0) is 35.1. The monoisotopic (exact) mass is 717 g/mol. The molecule has 0 unspecified atom stereocenters. The summed E-state index contributed by atoms with van der Waals surface area (Å²) < 4.78 is 26.1. The van der Waals surface area contributed by atoms with Crippen LogP contribution in [0, 0.1) is 34.4 Å². The normalized spacial score (nSPS) is 25.1. The average Bonchev–Trinajstić information content (AvgIpc) is 3.41. The first-order valence-electron chi connectivity index (χ1n) is 16.9. The number of methoxy groups -OCH3 is 1. The molecule has 266 valence electrons. The minimum Gasteiger partial charge on any atom is -0.384 e. The van der Waals surface area contributed by atoms with E-state index in [-0.39, 0.29) is 64.6 Å². The molecule has 0 bridgehead atoms. The van der Waals surface area contributed by atoms with Crippen LogP contribution in [0.2, 0.25) is 5.02 Å². The zero-order valence-electron chi connectivity index (χ0n) is 28.5. The fraction of sp³-hybridized carbons (Fsp3) is 0.629. The Morgan fingerprint density at radius 1 is 1.12 bits per heavy atom. The summed E-state index contributed by atoms with van der Waals surface area (Å²) in [6.45, 7) is 8.41. The van der Waals surface area contributed by atoms with Crippen LogP contribution in [0.15, 0.2) is 29.9 Å². The average molecular weight is 718 g/mol. The lowest BCUT2D eigenvalue weighted by Gasteiger charge is -2.50. The Bertz CT molecular complexity index is 1570. The number of likely N-dealkylation sites (tertiary alicyclic amines) is 3. The number of hydrogen-bond acceptors (Lipinski definition) is 8. The van der Waals surface area contributed by atoms with Crippen LogP contribution in [0.3, 0.4) is 0 Å². The number of carbonyl (C=O) groups is 4. The summed E-state index contributed by atoms with van der Waals surface area (Å²) in [7, 11) is 1.64. The number of aromatic nitrogens is 1. The first kappa shape index (κ1) is 35.7. The Morgan fingerprint density at radius 2 is 1.86 bits per heavy atom. The molecule has 6 rings (SSSR count). The number of nitrogens with zero attached hydrogens (tertiary/aromatic N) is 4. The smallest absolute Gasteiger partial charge is 0.265 e. The molecule has 1 saturated carbocycles. The van der Waals surface area contributed by atoms with E-state index in [1.54, 1.807) is 40.3 Å². The van der Waals surface area contributed by atoms with Crippen molar-refractivity contribution in [1.29, 1.82) is 0 Å². The summed E-state index contributed by atoms with van der Waals surface area (Å²) in [6.07, 6.45) is 3.26. The minimum atomic E-state index is -1.07. The van der Waals surface area contributed by atoms with Crippen molar-refractivity contribution in [1.82, 2.24) is 25.0 Å². The van der Waals surface area contributed by atoms with E-state index >= 15 is 0 Å². The van der Waals surface area contributed by atoms with Gasteiger partial charge in [0.05, 0.1) is 36.9 Å². The molecule has 4 fully saturated rings. The van der Waals surface area contributed by atoms with Crippen molar-refractivity contribution in [2.75, 3.05) is 53.0 Å². The molecule has 0 radical (unpaired) electrons. The summed E-state index contributed by atoms with van der Waals surface area (Å²) >= 11 is 7.17. The molecular weight excluding hydrogens is 673 g/mol. The second-order valence-corrected chi connectivity index (χ2v) is 16.2. The van der Waals surface area contributed by atoms with Crippen LogP contribution in [-0.4, -0.2) is 108 Å².